The van der Waals surface area contributed by atoms with Crippen LogP contribution in [0, 0.1) is 10.1 Å². The lowest BCUT2D eigenvalue weighted by molar-refractivity contribution is -0.384. The van der Waals surface area contributed by atoms with Gasteiger partial charge in [-0.15, -0.1) is 0 Å². The summed E-state index contributed by atoms with van der Waals surface area (Å²) in [5.41, 5.74) is 1.80. The summed E-state index contributed by atoms with van der Waals surface area (Å²) in [5.74, 6) is -0.967. The molecule has 0 spiro atoms. The molecule has 0 unspecified atom stereocenters. The van der Waals surface area contributed by atoms with Crippen molar-refractivity contribution in [1.82, 2.24) is 5.32 Å². The van der Waals surface area contributed by atoms with Crippen molar-refractivity contribution in [3.63, 3.8) is 0 Å². The number of amides is 2. The van der Waals surface area contributed by atoms with E-state index in [0.29, 0.717) is 54.0 Å². The third-order valence-corrected chi connectivity index (χ3v) is 6.04. The zero-order chi connectivity index (χ0) is 26.4. The first-order valence-electron chi connectivity index (χ1n) is 11.2. The second kappa shape index (κ2) is 11.8. The highest BCUT2D eigenvalue weighted by Gasteiger charge is 2.22. The molecule has 12 heteroatoms. The number of nitrogens with one attached hydrogen (secondary N) is 3. The lowest BCUT2D eigenvalue weighted by Crippen LogP contribution is -2.39. The molecule has 190 valence electrons. The molecule has 2 amide bonds. The summed E-state index contributed by atoms with van der Waals surface area (Å²) < 4.78 is 5.36. The number of thiocarbonyl (C=S) groups is 1. The highest BCUT2D eigenvalue weighted by Crippen LogP contribution is 2.27. The molecule has 1 heterocycles. The maximum atomic E-state index is 13.1. The zero-order valence-electron chi connectivity index (χ0n) is 19.4. The van der Waals surface area contributed by atoms with Gasteiger partial charge in [0, 0.05) is 36.6 Å². The minimum atomic E-state index is -0.592. The van der Waals surface area contributed by atoms with Crippen LogP contribution in [-0.2, 0) is 4.74 Å². The minimum Gasteiger partial charge on any atom is -0.378 e. The van der Waals surface area contributed by atoms with E-state index >= 15 is 0 Å². The third-order valence-electron chi connectivity index (χ3n) is 5.51. The molecule has 0 radical (unpaired) electrons. The van der Waals surface area contributed by atoms with E-state index in [1.807, 2.05) is 4.90 Å². The average molecular weight is 540 g/mol. The van der Waals surface area contributed by atoms with Gasteiger partial charge in [0.15, 0.2) is 5.11 Å². The number of hydrogen-bond donors (Lipinski definition) is 3. The Hall–Kier alpha value is -4.06. The van der Waals surface area contributed by atoms with Crippen LogP contribution in [0.25, 0.3) is 0 Å². The largest absolute Gasteiger partial charge is 0.378 e. The molecule has 0 saturated carbocycles. The van der Waals surface area contributed by atoms with Crippen LogP contribution >= 0.6 is 23.8 Å². The van der Waals surface area contributed by atoms with E-state index in [2.05, 4.69) is 16.0 Å². The fourth-order valence-corrected chi connectivity index (χ4v) is 4.18. The number of halogens is 1. The smallest absolute Gasteiger partial charge is 0.270 e. The van der Waals surface area contributed by atoms with Crippen molar-refractivity contribution in [2.24, 2.45) is 0 Å². The molecule has 0 aliphatic carbocycles. The molecule has 3 N–H and O–H groups in total. The van der Waals surface area contributed by atoms with Gasteiger partial charge in [0.25, 0.3) is 17.5 Å². The molecule has 1 aliphatic rings. The van der Waals surface area contributed by atoms with Gasteiger partial charge in [-0.05, 0) is 48.6 Å². The highest BCUT2D eigenvalue weighted by molar-refractivity contribution is 7.80. The Bertz CT molecular complexity index is 1360. The van der Waals surface area contributed by atoms with Crippen LogP contribution < -0.4 is 20.9 Å². The molecular weight excluding hydrogens is 518 g/mol. The quantitative estimate of drug-likeness (QED) is 0.238. The Balaban J connectivity index is 1.46. The first kappa shape index (κ1) is 26.0. The Morgan fingerprint density at radius 1 is 0.919 bits per heavy atom. The lowest BCUT2D eigenvalue weighted by Gasteiger charge is -2.30. The van der Waals surface area contributed by atoms with Crippen LogP contribution in [0.1, 0.15) is 20.7 Å². The van der Waals surface area contributed by atoms with Gasteiger partial charge in [-0.1, -0.05) is 29.8 Å². The Morgan fingerprint density at radius 2 is 1.62 bits per heavy atom. The molecule has 3 aromatic rings. The SMILES string of the molecule is O=C(Nc1cccc(NC(=S)NC(=O)c2cc([N+](=O)[O-])ccc2N2CCOCC2)c1)c1ccccc1Cl. The molecule has 37 heavy (non-hydrogen) atoms. The minimum absolute atomic E-state index is 0.0148. The summed E-state index contributed by atoms with van der Waals surface area (Å²) in [6, 6.07) is 17.6. The predicted octanol–water partition coefficient (Wildman–Crippen LogP) is 4.46. The zero-order valence-corrected chi connectivity index (χ0v) is 21.0. The summed E-state index contributed by atoms with van der Waals surface area (Å²) >= 11 is 11.4. The first-order chi connectivity index (χ1) is 17.8. The maximum absolute atomic E-state index is 13.1. The summed E-state index contributed by atoms with van der Waals surface area (Å²) in [6.45, 7) is 2.07. The molecule has 0 aromatic heterocycles. The second-order valence-corrected chi connectivity index (χ2v) is 8.80. The van der Waals surface area contributed by atoms with Crippen molar-refractivity contribution >= 4 is 63.5 Å². The number of anilines is 3. The molecule has 4 rings (SSSR count). The van der Waals surface area contributed by atoms with Gasteiger partial charge < -0.3 is 20.3 Å². The fourth-order valence-electron chi connectivity index (χ4n) is 3.75. The Kier molecular flexibility index (Phi) is 8.29. The van der Waals surface area contributed by atoms with Crippen molar-refractivity contribution in [1.29, 1.82) is 0 Å². The van der Waals surface area contributed by atoms with Crippen LogP contribution in [0.4, 0.5) is 22.7 Å². The number of carbonyl (C=O) groups excluding carboxylic acids is 2. The van der Waals surface area contributed by atoms with Crippen molar-refractivity contribution in [2.75, 3.05) is 41.8 Å². The number of morpholine rings is 1. The van der Waals surface area contributed by atoms with Gasteiger partial charge >= 0.3 is 0 Å². The van der Waals surface area contributed by atoms with E-state index in [1.54, 1.807) is 54.6 Å². The van der Waals surface area contributed by atoms with Gasteiger partial charge in [-0.3, -0.25) is 25.0 Å². The predicted molar refractivity (Wildman–Crippen MR) is 146 cm³/mol. The Morgan fingerprint density at radius 3 is 2.32 bits per heavy atom. The number of carbonyl (C=O) groups is 2. The van der Waals surface area contributed by atoms with E-state index in [9.17, 15) is 19.7 Å². The van der Waals surface area contributed by atoms with Crippen molar-refractivity contribution in [2.45, 2.75) is 0 Å². The van der Waals surface area contributed by atoms with E-state index in [4.69, 9.17) is 28.6 Å². The number of rotatable bonds is 6. The maximum Gasteiger partial charge on any atom is 0.270 e. The van der Waals surface area contributed by atoms with Crippen LogP contribution in [0.2, 0.25) is 5.02 Å². The molecule has 1 fully saturated rings. The number of benzene rings is 3. The van der Waals surface area contributed by atoms with Crippen LogP contribution in [0.15, 0.2) is 66.7 Å². The third kappa shape index (κ3) is 6.58. The van der Waals surface area contributed by atoms with E-state index in [0.717, 1.165) is 0 Å². The lowest BCUT2D eigenvalue weighted by atomic mass is 10.1. The van der Waals surface area contributed by atoms with Crippen LogP contribution in [0.3, 0.4) is 0 Å². The molecule has 0 atom stereocenters. The monoisotopic (exact) mass is 539 g/mol. The van der Waals surface area contributed by atoms with E-state index in [-0.39, 0.29) is 22.3 Å². The summed E-state index contributed by atoms with van der Waals surface area (Å²) in [5, 5.41) is 19.9. The highest BCUT2D eigenvalue weighted by atomic mass is 35.5. The standard InChI is InChI=1S/C25H22ClN5O5S/c26-21-7-2-1-6-19(21)23(32)27-16-4-3-5-17(14-16)28-25(37)29-24(33)20-15-18(31(34)35)8-9-22(20)30-10-12-36-13-11-30/h1-9,14-15H,10-13H2,(H,27,32)(H2,28,29,33,37). The molecule has 1 saturated heterocycles. The number of non-ortho nitro benzene ring substituents is 1. The van der Waals surface area contributed by atoms with Gasteiger partial charge in [-0.2, -0.15) is 0 Å². The normalized spacial score (nSPS) is 12.9. The summed E-state index contributed by atoms with van der Waals surface area (Å²) in [6.07, 6.45) is 0. The van der Waals surface area contributed by atoms with Crippen molar-refractivity contribution in [3.05, 3.63) is 93.0 Å². The van der Waals surface area contributed by atoms with E-state index < -0.39 is 10.8 Å². The molecular formula is C25H22ClN5O5S. The van der Waals surface area contributed by atoms with Gasteiger partial charge in [0.05, 0.1) is 40.0 Å². The van der Waals surface area contributed by atoms with E-state index in [1.165, 1.54) is 12.1 Å². The molecule has 1 aliphatic heterocycles. The number of nitro groups is 1. The first-order valence-corrected chi connectivity index (χ1v) is 12.0. The second-order valence-electron chi connectivity index (χ2n) is 7.98. The molecule has 0 bridgehead atoms. The van der Waals surface area contributed by atoms with Crippen LogP contribution in [0.5, 0.6) is 0 Å². The summed E-state index contributed by atoms with van der Waals surface area (Å²) in [7, 11) is 0. The average Bonchev–Trinajstić information content (AvgIpc) is 2.89. The van der Waals surface area contributed by atoms with Gasteiger partial charge in [-0.25, -0.2) is 0 Å². The van der Waals surface area contributed by atoms with Gasteiger partial charge in [0.1, 0.15) is 0 Å². The number of hydrogen-bond acceptors (Lipinski definition) is 7. The van der Waals surface area contributed by atoms with Gasteiger partial charge in [0.2, 0.25) is 0 Å². The topological polar surface area (TPSA) is 126 Å². The number of ether oxygens (including phenoxy) is 1. The summed E-state index contributed by atoms with van der Waals surface area (Å²) in [4.78, 5) is 38.3. The number of nitrogens with zero attached hydrogens (tertiary/aromatic N) is 2. The molecule has 3 aromatic carbocycles. The molecule has 10 nitrogen and oxygen atoms in total. The van der Waals surface area contributed by atoms with Crippen molar-refractivity contribution < 1.29 is 19.2 Å². The van der Waals surface area contributed by atoms with Crippen LogP contribution in [-0.4, -0.2) is 48.2 Å². The fraction of sp³-hybridized carbons (Fsp3) is 0.160. The Labute approximate surface area is 222 Å². The van der Waals surface area contributed by atoms with Crippen molar-refractivity contribution in [3.8, 4) is 0 Å². The number of nitro benzene ring substituents is 1.